The van der Waals surface area contributed by atoms with Crippen LogP contribution in [0.4, 0.5) is 4.79 Å². The Kier molecular flexibility index (Phi) is 8.44. The summed E-state index contributed by atoms with van der Waals surface area (Å²) in [6.07, 6.45) is 1.58. The minimum atomic E-state index is -0.561. The Labute approximate surface area is 208 Å². The third kappa shape index (κ3) is 5.96. The Morgan fingerprint density at radius 1 is 1.19 bits per heavy atom. The average Bonchev–Trinajstić information content (AvgIpc) is 3.02. The minimum Gasteiger partial charge on any atom is -0.490 e. The number of carbonyl (C=O) groups is 3. The van der Waals surface area contributed by atoms with Crippen LogP contribution in [0.5, 0.6) is 11.5 Å². The fourth-order valence-electron chi connectivity index (χ4n) is 2.82. The van der Waals surface area contributed by atoms with Gasteiger partial charge in [-0.3, -0.25) is 14.5 Å². The summed E-state index contributed by atoms with van der Waals surface area (Å²) in [5.74, 6) is -0.427. The van der Waals surface area contributed by atoms with Crippen LogP contribution in [0.25, 0.3) is 6.08 Å². The van der Waals surface area contributed by atoms with Crippen molar-refractivity contribution in [1.29, 1.82) is 0 Å². The van der Waals surface area contributed by atoms with Crippen LogP contribution in [0.1, 0.15) is 18.1 Å². The highest BCUT2D eigenvalue weighted by Gasteiger charge is 2.35. The van der Waals surface area contributed by atoms with E-state index >= 15 is 0 Å². The number of nitrogens with zero attached hydrogens (tertiary/aromatic N) is 1. The van der Waals surface area contributed by atoms with Crippen molar-refractivity contribution >= 4 is 69.1 Å². The topological polar surface area (TPSA) is 82.1 Å². The van der Waals surface area contributed by atoms with Gasteiger partial charge in [-0.1, -0.05) is 23.7 Å². The van der Waals surface area contributed by atoms with Crippen molar-refractivity contribution in [2.45, 2.75) is 13.5 Å². The van der Waals surface area contributed by atoms with Crippen molar-refractivity contribution in [1.82, 2.24) is 4.90 Å². The largest absolute Gasteiger partial charge is 0.490 e. The predicted molar refractivity (Wildman–Crippen MR) is 131 cm³/mol. The second kappa shape index (κ2) is 11.1. The number of methoxy groups -OCH3 is 1. The molecule has 0 saturated carbocycles. The molecular formula is C22H19ClINO6S. The van der Waals surface area contributed by atoms with Crippen LogP contribution in [-0.2, 0) is 20.9 Å². The molecule has 1 aliphatic heterocycles. The van der Waals surface area contributed by atoms with Gasteiger partial charge in [0.05, 0.1) is 30.2 Å². The Morgan fingerprint density at radius 2 is 1.91 bits per heavy atom. The number of hydrogen-bond donors (Lipinski definition) is 0. The van der Waals surface area contributed by atoms with E-state index in [1.165, 1.54) is 12.0 Å². The molecule has 0 unspecified atom stereocenters. The molecule has 0 spiro atoms. The van der Waals surface area contributed by atoms with E-state index in [0.29, 0.717) is 17.9 Å². The number of halogens is 2. The second-order valence-corrected chi connectivity index (χ2v) is 9.17. The number of rotatable bonds is 8. The highest BCUT2D eigenvalue weighted by atomic mass is 127. The lowest BCUT2D eigenvalue weighted by Crippen LogP contribution is -2.27. The highest BCUT2D eigenvalue weighted by molar-refractivity contribution is 14.1. The molecule has 1 fully saturated rings. The van der Waals surface area contributed by atoms with Crippen LogP contribution in [0.15, 0.2) is 41.3 Å². The third-order valence-corrected chi connectivity index (χ3v) is 6.23. The number of hydrogen-bond acceptors (Lipinski definition) is 7. The predicted octanol–water partition coefficient (Wildman–Crippen LogP) is 5.13. The zero-order chi connectivity index (χ0) is 23.3. The molecule has 1 heterocycles. The van der Waals surface area contributed by atoms with Gasteiger partial charge in [-0.25, -0.2) is 4.79 Å². The summed E-state index contributed by atoms with van der Waals surface area (Å²) in [6.45, 7) is 2.00. The maximum absolute atomic E-state index is 12.8. The Balaban J connectivity index is 1.83. The summed E-state index contributed by atoms with van der Waals surface area (Å²) < 4.78 is 16.7. The van der Waals surface area contributed by atoms with Crippen molar-refractivity contribution < 1.29 is 28.6 Å². The van der Waals surface area contributed by atoms with Gasteiger partial charge in [0, 0.05) is 3.57 Å². The van der Waals surface area contributed by atoms with E-state index in [4.69, 9.17) is 21.1 Å². The summed E-state index contributed by atoms with van der Waals surface area (Å²) in [6, 6.07) is 10.8. The molecular weight excluding hydrogens is 569 g/mol. The minimum absolute atomic E-state index is 0.197. The van der Waals surface area contributed by atoms with E-state index in [0.717, 1.165) is 20.9 Å². The number of amides is 2. The summed E-state index contributed by atoms with van der Waals surface area (Å²) in [4.78, 5) is 38.2. The number of thioether (sulfide) groups is 1. The normalized spacial score (nSPS) is 14.8. The number of carbonyl (C=O) groups excluding carboxylic acids is 3. The van der Waals surface area contributed by atoms with E-state index in [1.54, 1.807) is 25.1 Å². The van der Waals surface area contributed by atoms with Crippen LogP contribution in [0.2, 0.25) is 5.02 Å². The quantitative estimate of drug-likeness (QED) is 0.241. The van der Waals surface area contributed by atoms with Gasteiger partial charge < -0.3 is 14.2 Å². The number of esters is 1. The molecule has 3 rings (SSSR count). The first-order valence-corrected chi connectivity index (χ1v) is 11.8. The molecule has 10 heteroatoms. The first kappa shape index (κ1) is 24.4. The van der Waals surface area contributed by atoms with E-state index in [-0.39, 0.29) is 40.0 Å². The molecule has 0 N–H and O–H groups in total. The van der Waals surface area contributed by atoms with Gasteiger partial charge in [-0.2, -0.15) is 0 Å². The van der Waals surface area contributed by atoms with Crippen LogP contribution in [-0.4, -0.2) is 42.3 Å². The van der Waals surface area contributed by atoms with Crippen LogP contribution in [0.3, 0.4) is 0 Å². The smallest absolute Gasteiger partial charge is 0.343 e. The van der Waals surface area contributed by atoms with E-state index in [9.17, 15) is 14.4 Å². The molecule has 1 saturated heterocycles. The van der Waals surface area contributed by atoms with E-state index in [1.807, 2.05) is 24.3 Å². The lowest BCUT2D eigenvalue weighted by molar-refractivity contribution is -0.142. The molecule has 0 aromatic heterocycles. The van der Waals surface area contributed by atoms with Crippen LogP contribution in [0, 0.1) is 3.57 Å². The first-order valence-electron chi connectivity index (χ1n) is 9.48. The van der Waals surface area contributed by atoms with Crippen molar-refractivity contribution in [2.24, 2.45) is 0 Å². The Morgan fingerprint density at radius 3 is 2.56 bits per heavy atom. The number of ether oxygens (including phenoxy) is 3. The lowest BCUT2D eigenvalue weighted by atomic mass is 10.1. The standard InChI is InChI=1S/C22H19ClINO6S/c1-3-30-17-9-14(8-16(23)20(17)31-12-19(26)29-2)10-18-21(27)25(22(28)32-18)11-13-4-6-15(24)7-5-13/h4-10H,3,11-12H2,1-2H3/b18-10-. The SMILES string of the molecule is CCOc1cc(/C=C2\SC(=O)N(Cc3ccc(I)cc3)C2=O)cc(Cl)c1OCC(=O)OC. The van der Waals surface area contributed by atoms with Gasteiger partial charge in [-0.05, 0) is 82.7 Å². The second-order valence-electron chi connectivity index (χ2n) is 6.52. The summed E-state index contributed by atoms with van der Waals surface area (Å²) in [5.41, 5.74) is 1.42. The fourth-order valence-corrected chi connectivity index (χ4v) is 4.30. The van der Waals surface area contributed by atoms with E-state index < -0.39 is 5.97 Å². The van der Waals surface area contributed by atoms with Gasteiger partial charge in [-0.15, -0.1) is 0 Å². The Bertz CT molecular complexity index is 1070. The molecule has 0 atom stereocenters. The van der Waals surface area contributed by atoms with Crippen LogP contribution >= 0.6 is 46.0 Å². The first-order chi connectivity index (χ1) is 15.3. The summed E-state index contributed by atoms with van der Waals surface area (Å²) >= 11 is 9.40. The molecule has 1 aliphatic rings. The molecule has 0 aliphatic carbocycles. The van der Waals surface area contributed by atoms with Gasteiger partial charge >= 0.3 is 5.97 Å². The van der Waals surface area contributed by atoms with Gasteiger partial charge in [0.2, 0.25) is 0 Å². The van der Waals surface area contributed by atoms with Gasteiger partial charge in [0.15, 0.2) is 18.1 Å². The van der Waals surface area contributed by atoms with E-state index in [2.05, 4.69) is 27.3 Å². The van der Waals surface area contributed by atoms with Crippen molar-refractivity contribution in [3.05, 3.63) is 61.0 Å². The molecule has 2 amide bonds. The fraction of sp³-hybridized carbons (Fsp3) is 0.227. The maximum atomic E-state index is 12.8. The molecule has 0 bridgehead atoms. The molecule has 2 aromatic rings. The number of imide groups is 1. The van der Waals surface area contributed by atoms with Crippen LogP contribution < -0.4 is 9.47 Å². The van der Waals surface area contributed by atoms with Crippen molar-refractivity contribution in [2.75, 3.05) is 20.3 Å². The average molecular weight is 588 g/mol. The monoisotopic (exact) mass is 587 g/mol. The third-order valence-electron chi connectivity index (χ3n) is 4.32. The molecule has 2 aromatic carbocycles. The summed E-state index contributed by atoms with van der Waals surface area (Å²) in [7, 11) is 1.26. The Hall–Kier alpha value is -2.24. The van der Waals surface area contributed by atoms with Gasteiger partial charge in [0.1, 0.15) is 0 Å². The summed E-state index contributed by atoms with van der Waals surface area (Å²) in [5, 5.41) is -0.141. The highest BCUT2D eigenvalue weighted by Crippen LogP contribution is 2.39. The number of benzene rings is 2. The maximum Gasteiger partial charge on any atom is 0.343 e. The molecule has 32 heavy (non-hydrogen) atoms. The van der Waals surface area contributed by atoms with Gasteiger partial charge in [0.25, 0.3) is 11.1 Å². The molecule has 7 nitrogen and oxygen atoms in total. The van der Waals surface area contributed by atoms with Crippen molar-refractivity contribution in [3.63, 3.8) is 0 Å². The lowest BCUT2D eigenvalue weighted by Gasteiger charge is -2.14. The molecule has 0 radical (unpaired) electrons. The zero-order valence-electron chi connectivity index (χ0n) is 17.2. The van der Waals surface area contributed by atoms with Crippen molar-refractivity contribution in [3.8, 4) is 11.5 Å². The molecule has 168 valence electrons. The zero-order valence-corrected chi connectivity index (χ0v) is 21.0.